The number of rotatable bonds is 9. The number of aliphatic hydroxyl groups is 2. The Balaban J connectivity index is 5.14. The molecule has 0 aliphatic rings. The lowest BCUT2D eigenvalue weighted by molar-refractivity contribution is -0.153. The molecule has 0 bridgehead atoms. The zero-order valence-corrected chi connectivity index (χ0v) is 13.8. The first-order valence-corrected chi connectivity index (χ1v) is 7.12. The first-order valence-electron chi connectivity index (χ1n) is 7.12. The highest BCUT2D eigenvalue weighted by Crippen LogP contribution is 2.26. The highest BCUT2D eigenvalue weighted by Gasteiger charge is 2.40. The Morgan fingerprint density at radius 2 is 1.41 bits per heavy atom. The van der Waals surface area contributed by atoms with Crippen molar-refractivity contribution in [1.29, 1.82) is 0 Å². The molecule has 0 rings (SSSR count). The summed E-state index contributed by atoms with van der Waals surface area (Å²) >= 11 is 0. The van der Waals surface area contributed by atoms with Crippen molar-refractivity contribution in [2.45, 2.75) is 45.7 Å². The van der Waals surface area contributed by atoms with E-state index in [-0.39, 0.29) is 32.3 Å². The Bertz CT molecular complexity index is 408. The molecular formula is C14H26N2O6. The minimum Gasteiger partial charge on any atom is -0.461 e. The van der Waals surface area contributed by atoms with Gasteiger partial charge in [-0.3, -0.25) is 0 Å². The van der Waals surface area contributed by atoms with Crippen molar-refractivity contribution < 1.29 is 29.3 Å². The predicted molar refractivity (Wildman–Crippen MR) is 78.3 cm³/mol. The van der Waals surface area contributed by atoms with Gasteiger partial charge in [0.2, 0.25) is 0 Å². The fourth-order valence-corrected chi connectivity index (χ4v) is 1.26. The van der Waals surface area contributed by atoms with E-state index in [0.717, 1.165) is 0 Å². The summed E-state index contributed by atoms with van der Waals surface area (Å²) in [5, 5.41) is 25.3. The molecule has 0 aromatic heterocycles. The fourth-order valence-electron chi connectivity index (χ4n) is 1.26. The van der Waals surface area contributed by atoms with Crippen molar-refractivity contribution in [2.75, 3.05) is 26.4 Å². The number of azo groups is 1. The van der Waals surface area contributed by atoms with Crippen LogP contribution in [0.3, 0.4) is 0 Å². The second-order valence-electron chi connectivity index (χ2n) is 5.78. The number of ether oxygens (including phenoxy) is 2. The molecule has 0 saturated carbocycles. The van der Waals surface area contributed by atoms with E-state index in [9.17, 15) is 9.59 Å². The summed E-state index contributed by atoms with van der Waals surface area (Å²) in [5.41, 5.74) is -2.56. The standard InChI is InChI=1S/C14H26N2O6/c1-10(2)14(5,12(20)22-9-7-18)16-15-13(3,4)11(19)21-8-6-17/h10,17-18H,6-9H2,1-5H3. The maximum Gasteiger partial charge on any atom is 0.336 e. The Hall–Kier alpha value is -1.54. The molecule has 0 aliphatic heterocycles. The zero-order valence-electron chi connectivity index (χ0n) is 13.8. The van der Waals surface area contributed by atoms with E-state index in [0.29, 0.717) is 0 Å². The van der Waals surface area contributed by atoms with Gasteiger partial charge in [-0.05, 0) is 26.7 Å². The number of aliphatic hydroxyl groups excluding tert-OH is 2. The Morgan fingerprint density at radius 3 is 1.82 bits per heavy atom. The average Bonchev–Trinajstić information content (AvgIpc) is 2.47. The van der Waals surface area contributed by atoms with E-state index in [1.54, 1.807) is 20.8 Å². The lowest BCUT2D eigenvalue weighted by atomic mass is 9.89. The molecule has 0 heterocycles. The van der Waals surface area contributed by atoms with Crippen molar-refractivity contribution >= 4 is 11.9 Å². The lowest BCUT2D eigenvalue weighted by Crippen LogP contribution is -2.41. The first kappa shape index (κ1) is 20.5. The molecule has 2 N–H and O–H groups in total. The van der Waals surface area contributed by atoms with Gasteiger partial charge in [0.05, 0.1) is 13.2 Å². The number of esters is 2. The number of carbonyl (C=O) groups excluding carboxylic acids is 2. The van der Waals surface area contributed by atoms with Crippen LogP contribution in [-0.2, 0) is 19.1 Å². The molecular weight excluding hydrogens is 292 g/mol. The summed E-state index contributed by atoms with van der Waals surface area (Å²) in [6.07, 6.45) is 0. The van der Waals surface area contributed by atoms with Gasteiger partial charge in [0.1, 0.15) is 13.2 Å². The van der Waals surface area contributed by atoms with Crippen molar-refractivity contribution in [1.82, 2.24) is 0 Å². The third kappa shape index (κ3) is 5.69. The molecule has 0 saturated heterocycles. The maximum absolute atomic E-state index is 12.1. The summed E-state index contributed by atoms with van der Waals surface area (Å²) in [6, 6.07) is 0. The molecule has 22 heavy (non-hydrogen) atoms. The number of carbonyl (C=O) groups is 2. The molecule has 0 aliphatic carbocycles. The molecule has 0 fully saturated rings. The molecule has 8 heteroatoms. The zero-order chi connectivity index (χ0) is 17.4. The van der Waals surface area contributed by atoms with Crippen LogP contribution in [0.15, 0.2) is 10.2 Å². The molecule has 8 nitrogen and oxygen atoms in total. The van der Waals surface area contributed by atoms with Crippen LogP contribution < -0.4 is 0 Å². The van der Waals surface area contributed by atoms with Gasteiger partial charge in [0.25, 0.3) is 0 Å². The van der Waals surface area contributed by atoms with E-state index < -0.39 is 23.0 Å². The largest absolute Gasteiger partial charge is 0.461 e. The van der Waals surface area contributed by atoms with Crippen LogP contribution in [0, 0.1) is 5.92 Å². The molecule has 128 valence electrons. The average molecular weight is 318 g/mol. The molecule has 0 spiro atoms. The van der Waals surface area contributed by atoms with Gasteiger partial charge in [-0.25, -0.2) is 9.59 Å². The number of hydrogen-bond donors (Lipinski definition) is 2. The minimum atomic E-state index is -1.29. The molecule has 0 aromatic rings. The van der Waals surface area contributed by atoms with Gasteiger partial charge in [-0.2, -0.15) is 10.2 Å². The normalized spacial score (nSPS) is 14.9. The number of hydrogen-bond acceptors (Lipinski definition) is 8. The first-order chi connectivity index (χ1) is 10.1. The van der Waals surface area contributed by atoms with E-state index in [1.807, 2.05) is 0 Å². The topological polar surface area (TPSA) is 118 Å². The summed E-state index contributed by atoms with van der Waals surface area (Å²) in [4.78, 5) is 23.9. The molecule has 1 unspecified atom stereocenters. The summed E-state index contributed by atoms with van der Waals surface area (Å²) < 4.78 is 9.73. The summed E-state index contributed by atoms with van der Waals surface area (Å²) in [6.45, 7) is 7.28. The molecule has 1 atom stereocenters. The maximum atomic E-state index is 12.1. The third-order valence-corrected chi connectivity index (χ3v) is 3.19. The van der Waals surface area contributed by atoms with Gasteiger partial charge in [0, 0.05) is 0 Å². The summed E-state index contributed by atoms with van der Waals surface area (Å²) in [7, 11) is 0. The van der Waals surface area contributed by atoms with Crippen molar-refractivity contribution in [3.8, 4) is 0 Å². The van der Waals surface area contributed by atoms with Crippen LogP contribution >= 0.6 is 0 Å². The van der Waals surface area contributed by atoms with Gasteiger partial charge < -0.3 is 19.7 Å². The van der Waals surface area contributed by atoms with Crippen LogP contribution in [0.25, 0.3) is 0 Å². The monoisotopic (exact) mass is 318 g/mol. The van der Waals surface area contributed by atoms with Crippen LogP contribution in [0.2, 0.25) is 0 Å². The highest BCUT2D eigenvalue weighted by molar-refractivity contribution is 5.81. The van der Waals surface area contributed by atoms with Crippen LogP contribution in [0.4, 0.5) is 0 Å². The molecule has 0 aromatic carbocycles. The smallest absolute Gasteiger partial charge is 0.336 e. The third-order valence-electron chi connectivity index (χ3n) is 3.19. The Morgan fingerprint density at radius 1 is 0.955 bits per heavy atom. The molecule has 0 radical (unpaired) electrons. The quantitative estimate of drug-likeness (QED) is 0.477. The van der Waals surface area contributed by atoms with Crippen molar-refractivity contribution in [2.24, 2.45) is 16.1 Å². The van der Waals surface area contributed by atoms with Gasteiger partial charge >= 0.3 is 11.9 Å². The van der Waals surface area contributed by atoms with Gasteiger partial charge in [-0.15, -0.1) is 0 Å². The predicted octanol–water partition coefficient (Wildman–Crippen LogP) is 0.703. The van der Waals surface area contributed by atoms with E-state index in [1.165, 1.54) is 13.8 Å². The van der Waals surface area contributed by atoms with Gasteiger partial charge in [-0.1, -0.05) is 13.8 Å². The van der Waals surface area contributed by atoms with E-state index in [2.05, 4.69) is 10.2 Å². The Labute approximate surface area is 130 Å². The van der Waals surface area contributed by atoms with E-state index in [4.69, 9.17) is 19.7 Å². The van der Waals surface area contributed by atoms with Crippen molar-refractivity contribution in [3.63, 3.8) is 0 Å². The Kier molecular flexibility index (Phi) is 8.18. The van der Waals surface area contributed by atoms with Crippen LogP contribution in [-0.4, -0.2) is 59.7 Å². The van der Waals surface area contributed by atoms with Gasteiger partial charge in [0.15, 0.2) is 11.1 Å². The second-order valence-corrected chi connectivity index (χ2v) is 5.78. The fraction of sp³-hybridized carbons (Fsp3) is 0.857. The van der Waals surface area contributed by atoms with Crippen LogP contribution in [0.5, 0.6) is 0 Å². The highest BCUT2D eigenvalue weighted by atomic mass is 16.5. The lowest BCUT2D eigenvalue weighted by Gasteiger charge is -2.27. The SMILES string of the molecule is CC(C)C(C)(N=NC(C)(C)C(=O)OCCO)C(=O)OCCO. The van der Waals surface area contributed by atoms with Crippen molar-refractivity contribution in [3.05, 3.63) is 0 Å². The molecule has 0 amide bonds. The second kappa shape index (κ2) is 8.79. The summed E-state index contributed by atoms with van der Waals surface area (Å²) in [5.74, 6) is -1.51. The minimum absolute atomic E-state index is 0.126. The van der Waals surface area contributed by atoms with E-state index >= 15 is 0 Å². The van der Waals surface area contributed by atoms with Crippen LogP contribution in [0.1, 0.15) is 34.6 Å². The number of nitrogens with zero attached hydrogens (tertiary/aromatic N) is 2.